The quantitative estimate of drug-likeness (QED) is 0.610. The van der Waals surface area contributed by atoms with Crippen molar-refractivity contribution in [1.82, 2.24) is 0 Å². The molecule has 99 valence electrons. The Labute approximate surface area is 122 Å². The van der Waals surface area contributed by atoms with E-state index in [-0.39, 0.29) is 8.80 Å². The third-order valence-electron chi connectivity index (χ3n) is 4.17. The molecule has 0 aliphatic carbocycles. The first kappa shape index (κ1) is 14.3. The van der Waals surface area contributed by atoms with E-state index < -0.39 is 0 Å². The molecule has 0 spiro atoms. The van der Waals surface area contributed by atoms with Gasteiger partial charge < -0.3 is 0 Å². The Kier molecular flexibility index (Phi) is 5.96. The SMILES string of the molecule is CCC[Si]1CCC(CCc2ccc(Br)cc2)CC1. The third kappa shape index (κ3) is 4.54. The molecule has 0 unspecified atom stereocenters. The van der Waals surface area contributed by atoms with Gasteiger partial charge in [0.05, 0.1) is 0 Å². The molecule has 1 fully saturated rings. The van der Waals surface area contributed by atoms with Crippen LogP contribution in [0.25, 0.3) is 0 Å². The summed E-state index contributed by atoms with van der Waals surface area (Å²) in [6, 6.07) is 13.6. The summed E-state index contributed by atoms with van der Waals surface area (Å²) in [5.74, 6) is 1.01. The Bertz CT molecular complexity index is 339. The average Bonchev–Trinajstić information content (AvgIpc) is 2.40. The summed E-state index contributed by atoms with van der Waals surface area (Å²) in [4.78, 5) is 0. The second kappa shape index (κ2) is 7.49. The highest BCUT2D eigenvalue weighted by Crippen LogP contribution is 2.30. The van der Waals surface area contributed by atoms with Gasteiger partial charge >= 0.3 is 0 Å². The van der Waals surface area contributed by atoms with Gasteiger partial charge in [0.2, 0.25) is 0 Å². The predicted octanol–water partition coefficient (Wildman–Crippen LogP) is 5.70. The lowest BCUT2D eigenvalue weighted by molar-refractivity contribution is 0.437. The minimum atomic E-state index is 0.0748. The zero-order chi connectivity index (χ0) is 12.8. The van der Waals surface area contributed by atoms with Crippen LogP contribution in [-0.4, -0.2) is 8.80 Å². The zero-order valence-electron chi connectivity index (χ0n) is 11.4. The lowest BCUT2D eigenvalue weighted by Crippen LogP contribution is -2.21. The van der Waals surface area contributed by atoms with Crippen molar-refractivity contribution >= 4 is 24.7 Å². The van der Waals surface area contributed by atoms with Crippen molar-refractivity contribution in [2.45, 2.75) is 57.2 Å². The van der Waals surface area contributed by atoms with Crippen LogP contribution in [0.4, 0.5) is 0 Å². The normalized spacial score (nSPS) is 18.1. The van der Waals surface area contributed by atoms with Crippen molar-refractivity contribution in [2.24, 2.45) is 5.92 Å². The molecule has 18 heavy (non-hydrogen) atoms. The molecule has 1 aliphatic rings. The van der Waals surface area contributed by atoms with Crippen LogP contribution in [0.3, 0.4) is 0 Å². The summed E-state index contributed by atoms with van der Waals surface area (Å²) in [7, 11) is 0.0748. The van der Waals surface area contributed by atoms with Gasteiger partial charge in [0.1, 0.15) is 0 Å². The van der Waals surface area contributed by atoms with Crippen molar-refractivity contribution < 1.29 is 0 Å². The molecule has 1 aromatic carbocycles. The molecule has 1 aliphatic heterocycles. The van der Waals surface area contributed by atoms with E-state index in [0.717, 1.165) is 5.92 Å². The van der Waals surface area contributed by atoms with Gasteiger partial charge in [-0.05, 0) is 36.5 Å². The number of benzene rings is 1. The van der Waals surface area contributed by atoms with Crippen molar-refractivity contribution in [3.05, 3.63) is 34.3 Å². The monoisotopic (exact) mass is 323 g/mol. The second-order valence-corrected chi connectivity index (χ2v) is 9.52. The first-order valence-corrected chi connectivity index (χ1v) is 10.3. The molecule has 0 N–H and O–H groups in total. The predicted molar refractivity (Wildman–Crippen MR) is 85.7 cm³/mol. The smallest absolute Gasteiger partial charge is 0.0479 e. The third-order valence-corrected chi connectivity index (χ3v) is 7.90. The number of halogens is 1. The van der Waals surface area contributed by atoms with E-state index in [1.54, 1.807) is 18.1 Å². The van der Waals surface area contributed by atoms with E-state index in [4.69, 9.17) is 0 Å². The van der Waals surface area contributed by atoms with Crippen LogP contribution in [0.5, 0.6) is 0 Å². The molecule has 0 atom stereocenters. The minimum absolute atomic E-state index is 0.0748. The number of aryl methyl sites for hydroxylation is 1. The lowest BCUT2D eigenvalue weighted by Gasteiger charge is -2.27. The maximum atomic E-state index is 3.50. The van der Waals surface area contributed by atoms with Gasteiger partial charge in [0, 0.05) is 13.3 Å². The van der Waals surface area contributed by atoms with Crippen molar-refractivity contribution in [2.75, 3.05) is 0 Å². The van der Waals surface area contributed by atoms with Crippen LogP contribution in [0.1, 0.15) is 38.2 Å². The molecule has 2 rings (SSSR count). The fourth-order valence-corrected chi connectivity index (χ4v) is 6.35. The van der Waals surface area contributed by atoms with Crippen LogP contribution in [-0.2, 0) is 6.42 Å². The summed E-state index contributed by atoms with van der Waals surface area (Å²) in [5, 5.41) is 0. The lowest BCUT2D eigenvalue weighted by atomic mass is 9.94. The Morgan fingerprint density at radius 2 is 1.83 bits per heavy atom. The molecule has 1 heterocycles. The van der Waals surface area contributed by atoms with Gasteiger partial charge in [-0.2, -0.15) is 0 Å². The summed E-state index contributed by atoms with van der Waals surface area (Å²) in [6.45, 7) is 2.34. The molecule has 0 bridgehead atoms. The highest BCUT2D eigenvalue weighted by molar-refractivity contribution is 9.10. The highest BCUT2D eigenvalue weighted by atomic mass is 79.9. The van der Waals surface area contributed by atoms with Crippen LogP contribution in [0.2, 0.25) is 18.1 Å². The Hall–Kier alpha value is -0.0831. The van der Waals surface area contributed by atoms with Crippen LogP contribution in [0.15, 0.2) is 28.7 Å². The average molecular weight is 324 g/mol. The van der Waals surface area contributed by atoms with Gasteiger partial charge in [-0.3, -0.25) is 0 Å². The largest absolute Gasteiger partial charge is 0.0657 e. The summed E-state index contributed by atoms with van der Waals surface area (Å²) >= 11 is 3.50. The Morgan fingerprint density at radius 3 is 2.44 bits per heavy atom. The summed E-state index contributed by atoms with van der Waals surface area (Å²) < 4.78 is 1.19. The number of hydrogen-bond acceptors (Lipinski definition) is 0. The minimum Gasteiger partial charge on any atom is -0.0657 e. The Balaban J connectivity index is 1.70. The summed E-state index contributed by atoms with van der Waals surface area (Å²) in [6.07, 6.45) is 7.13. The standard InChI is InChI=1S/C16H24BrSi/c1-2-11-18-12-9-15(10-13-18)4-3-14-5-7-16(17)8-6-14/h5-8,15H,2-4,9-13H2,1H3. The molecule has 2 heteroatoms. The molecular weight excluding hydrogens is 300 g/mol. The van der Waals surface area contributed by atoms with Gasteiger partial charge in [-0.1, -0.05) is 72.4 Å². The highest BCUT2D eigenvalue weighted by Gasteiger charge is 2.21. The van der Waals surface area contributed by atoms with Gasteiger partial charge in [0.25, 0.3) is 0 Å². The molecule has 0 saturated carbocycles. The van der Waals surface area contributed by atoms with Crippen LogP contribution >= 0.6 is 15.9 Å². The van der Waals surface area contributed by atoms with Crippen LogP contribution in [0, 0.1) is 5.92 Å². The topological polar surface area (TPSA) is 0 Å². The van der Waals surface area contributed by atoms with E-state index in [1.807, 2.05) is 0 Å². The first-order chi connectivity index (χ1) is 8.78. The maximum Gasteiger partial charge on any atom is 0.0479 e. The molecule has 1 saturated heterocycles. The molecule has 0 nitrogen and oxygen atoms in total. The van der Waals surface area contributed by atoms with Crippen molar-refractivity contribution in [3.8, 4) is 0 Å². The fourth-order valence-electron chi connectivity index (χ4n) is 3.00. The van der Waals surface area contributed by atoms with Gasteiger partial charge in [0.15, 0.2) is 0 Å². The maximum absolute atomic E-state index is 3.50. The molecule has 0 amide bonds. The van der Waals surface area contributed by atoms with Gasteiger partial charge in [-0.15, -0.1) is 0 Å². The zero-order valence-corrected chi connectivity index (χ0v) is 14.0. The van der Waals surface area contributed by atoms with E-state index in [1.165, 1.54) is 42.1 Å². The van der Waals surface area contributed by atoms with E-state index >= 15 is 0 Å². The molecular formula is C16H24BrSi. The molecule has 0 aromatic heterocycles. The van der Waals surface area contributed by atoms with E-state index in [0.29, 0.717) is 0 Å². The van der Waals surface area contributed by atoms with E-state index in [2.05, 4.69) is 47.1 Å². The van der Waals surface area contributed by atoms with Gasteiger partial charge in [-0.25, -0.2) is 0 Å². The fraction of sp³-hybridized carbons (Fsp3) is 0.625. The number of hydrogen-bond donors (Lipinski definition) is 0. The van der Waals surface area contributed by atoms with E-state index in [9.17, 15) is 0 Å². The molecule has 1 radical (unpaired) electrons. The Morgan fingerprint density at radius 1 is 1.17 bits per heavy atom. The summed E-state index contributed by atoms with van der Waals surface area (Å²) in [5.41, 5.74) is 1.50. The second-order valence-electron chi connectivity index (χ2n) is 5.61. The van der Waals surface area contributed by atoms with Crippen LogP contribution < -0.4 is 0 Å². The van der Waals surface area contributed by atoms with Crippen molar-refractivity contribution in [3.63, 3.8) is 0 Å². The number of rotatable bonds is 5. The molecule has 1 aromatic rings. The van der Waals surface area contributed by atoms with Crippen molar-refractivity contribution in [1.29, 1.82) is 0 Å². The first-order valence-electron chi connectivity index (χ1n) is 7.36.